The maximum atomic E-state index is 12.5. The first-order chi connectivity index (χ1) is 11.9. The monoisotopic (exact) mass is 395 g/mol. The van der Waals surface area contributed by atoms with Crippen LogP contribution in [0, 0.1) is 6.92 Å². The Balaban J connectivity index is 0.00000243. The van der Waals surface area contributed by atoms with Crippen LogP contribution in [0.5, 0.6) is 0 Å². The lowest BCUT2D eigenvalue weighted by molar-refractivity contribution is 0.0791. The number of nitrogens with one attached hydrogen (secondary N) is 1. The summed E-state index contributed by atoms with van der Waals surface area (Å²) in [5.41, 5.74) is 7.66. The predicted octanol–water partition coefficient (Wildman–Crippen LogP) is 2.39. The van der Waals surface area contributed by atoms with Crippen LogP contribution in [-0.2, 0) is 10.0 Å². The third kappa shape index (κ3) is 4.35. The van der Waals surface area contributed by atoms with Crippen molar-refractivity contribution in [2.75, 3.05) is 17.8 Å². The Bertz CT molecular complexity index is 885. The molecule has 6 nitrogen and oxygen atoms in total. The Morgan fingerprint density at radius 3 is 2.38 bits per heavy atom. The fourth-order valence-electron chi connectivity index (χ4n) is 2.82. The van der Waals surface area contributed by atoms with Crippen molar-refractivity contribution in [1.82, 2.24) is 4.90 Å². The van der Waals surface area contributed by atoms with E-state index in [4.69, 9.17) is 5.73 Å². The van der Waals surface area contributed by atoms with E-state index in [1.54, 1.807) is 29.2 Å². The number of hydrogen-bond donors (Lipinski definition) is 2. The van der Waals surface area contributed by atoms with Crippen molar-refractivity contribution < 1.29 is 13.2 Å². The van der Waals surface area contributed by atoms with E-state index in [0.717, 1.165) is 12.0 Å². The summed E-state index contributed by atoms with van der Waals surface area (Å²) in [4.78, 5) is 14.2. The van der Waals surface area contributed by atoms with E-state index >= 15 is 0 Å². The van der Waals surface area contributed by atoms with Gasteiger partial charge in [-0.05, 0) is 49.2 Å². The Morgan fingerprint density at radius 1 is 1.15 bits per heavy atom. The number of para-hydroxylation sites is 1. The van der Waals surface area contributed by atoms with Gasteiger partial charge in [0.05, 0.1) is 10.6 Å². The first kappa shape index (κ1) is 20.2. The van der Waals surface area contributed by atoms with Crippen LogP contribution >= 0.6 is 12.4 Å². The minimum Gasteiger partial charge on any atom is -0.337 e. The number of likely N-dealkylation sites (tertiary alicyclic amines) is 1. The molecule has 1 aliphatic rings. The van der Waals surface area contributed by atoms with Gasteiger partial charge in [0.15, 0.2) is 0 Å². The van der Waals surface area contributed by atoms with E-state index in [1.807, 2.05) is 19.1 Å². The van der Waals surface area contributed by atoms with E-state index in [0.29, 0.717) is 24.3 Å². The van der Waals surface area contributed by atoms with Crippen LogP contribution in [0.25, 0.3) is 0 Å². The third-order valence-electron chi connectivity index (χ3n) is 4.31. The van der Waals surface area contributed by atoms with Crippen LogP contribution in [0.3, 0.4) is 0 Å². The fraction of sp³-hybridized carbons (Fsp3) is 0.278. The summed E-state index contributed by atoms with van der Waals surface area (Å²) in [5.74, 6) is -0.122. The quantitative estimate of drug-likeness (QED) is 0.831. The van der Waals surface area contributed by atoms with Gasteiger partial charge in [-0.2, -0.15) is 0 Å². The summed E-state index contributed by atoms with van der Waals surface area (Å²) in [7, 11) is -3.70. The van der Waals surface area contributed by atoms with Crippen molar-refractivity contribution in [3.8, 4) is 0 Å². The number of sulfonamides is 1. The zero-order valence-electron chi connectivity index (χ0n) is 14.4. The summed E-state index contributed by atoms with van der Waals surface area (Å²) in [6.45, 7) is 3.00. The zero-order valence-corrected chi connectivity index (χ0v) is 16.0. The number of aryl methyl sites for hydroxylation is 1. The lowest BCUT2D eigenvalue weighted by Crippen LogP contribution is -2.31. The molecule has 1 heterocycles. The van der Waals surface area contributed by atoms with Crippen molar-refractivity contribution >= 4 is 34.0 Å². The van der Waals surface area contributed by atoms with Gasteiger partial charge in [0, 0.05) is 24.7 Å². The van der Waals surface area contributed by atoms with Crippen molar-refractivity contribution in [3.05, 3.63) is 59.7 Å². The van der Waals surface area contributed by atoms with E-state index in [2.05, 4.69) is 4.72 Å². The number of benzene rings is 2. The Hall–Kier alpha value is -2.09. The molecule has 3 N–H and O–H groups in total. The molecule has 1 aliphatic heterocycles. The highest BCUT2D eigenvalue weighted by molar-refractivity contribution is 7.92. The molecule has 2 aromatic carbocycles. The van der Waals surface area contributed by atoms with Gasteiger partial charge in [-0.1, -0.05) is 18.2 Å². The Labute approximate surface area is 159 Å². The zero-order chi connectivity index (χ0) is 18.0. The average molecular weight is 396 g/mol. The minimum absolute atomic E-state index is 0. The Kier molecular flexibility index (Phi) is 6.28. The molecule has 1 amide bonds. The summed E-state index contributed by atoms with van der Waals surface area (Å²) >= 11 is 0. The molecule has 0 bridgehead atoms. The number of rotatable bonds is 4. The molecule has 140 valence electrons. The third-order valence-corrected chi connectivity index (χ3v) is 5.69. The van der Waals surface area contributed by atoms with Gasteiger partial charge in [0.1, 0.15) is 0 Å². The number of amides is 1. The van der Waals surface area contributed by atoms with Gasteiger partial charge < -0.3 is 10.6 Å². The normalized spacial score (nSPS) is 16.8. The summed E-state index contributed by atoms with van der Waals surface area (Å²) in [5, 5.41) is 0. The van der Waals surface area contributed by atoms with Crippen LogP contribution < -0.4 is 10.5 Å². The molecule has 2 aromatic rings. The molecule has 0 aliphatic carbocycles. The van der Waals surface area contributed by atoms with Crippen LogP contribution in [-0.4, -0.2) is 38.4 Å². The van der Waals surface area contributed by atoms with Crippen LogP contribution in [0.2, 0.25) is 0 Å². The van der Waals surface area contributed by atoms with Crippen molar-refractivity contribution in [3.63, 3.8) is 0 Å². The maximum Gasteiger partial charge on any atom is 0.261 e. The van der Waals surface area contributed by atoms with Crippen molar-refractivity contribution in [1.29, 1.82) is 0 Å². The van der Waals surface area contributed by atoms with Gasteiger partial charge in [-0.3, -0.25) is 9.52 Å². The smallest absolute Gasteiger partial charge is 0.261 e. The van der Waals surface area contributed by atoms with Gasteiger partial charge in [0.2, 0.25) is 0 Å². The molecule has 8 heteroatoms. The van der Waals surface area contributed by atoms with Crippen LogP contribution in [0.4, 0.5) is 5.69 Å². The molecular formula is C18H22ClN3O3S. The molecule has 0 saturated carbocycles. The van der Waals surface area contributed by atoms with E-state index in [-0.39, 0.29) is 29.3 Å². The van der Waals surface area contributed by atoms with Crippen molar-refractivity contribution in [2.24, 2.45) is 5.73 Å². The molecule has 0 spiro atoms. The van der Waals surface area contributed by atoms with E-state index < -0.39 is 10.0 Å². The largest absolute Gasteiger partial charge is 0.337 e. The lowest BCUT2D eigenvalue weighted by Gasteiger charge is -2.16. The second-order valence-electron chi connectivity index (χ2n) is 6.24. The SMILES string of the molecule is Cc1ccccc1NS(=O)(=O)c1ccc(C(=O)N2CC[C@@H](N)C2)cc1.Cl. The highest BCUT2D eigenvalue weighted by atomic mass is 35.5. The second-order valence-corrected chi connectivity index (χ2v) is 7.93. The molecule has 0 radical (unpaired) electrons. The minimum atomic E-state index is -3.70. The van der Waals surface area contributed by atoms with Crippen molar-refractivity contribution in [2.45, 2.75) is 24.3 Å². The molecule has 26 heavy (non-hydrogen) atoms. The highest BCUT2D eigenvalue weighted by Gasteiger charge is 2.25. The summed E-state index contributed by atoms with van der Waals surface area (Å²) in [6, 6.07) is 13.2. The molecule has 0 unspecified atom stereocenters. The topological polar surface area (TPSA) is 92.5 Å². The molecule has 3 rings (SSSR count). The number of carbonyl (C=O) groups excluding carboxylic acids is 1. The van der Waals surface area contributed by atoms with E-state index in [9.17, 15) is 13.2 Å². The standard InChI is InChI=1S/C18H21N3O3S.ClH/c1-13-4-2-3-5-17(13)20-25(23,24)16-8-6-14(7-9-16)18(22)21-11-10-15(19)12-21;/h2-9,15,20H,10-12,19H2,1H3;1H/t15-;/m1./s1. The number of halogens is 1. The Morgan fingerprint density at radius 2 is 1.81 bits per heavy atom. The number of nitrogens with zero attached hydrogens (tertiary/aromatic N) is 1. The second kappa shape index (κ2) is 8.07. The van der Waals surface area contributed by atoms with Gasteiger partial charge in [-0.15, -0.1) is 12.4 Å². The first-order valence-electron chi connectivity index (χ1n) is 8.10. The molecule has 1 fully saturated rings. The fourth-order valence-corrected chi connectivity index (χ4v) is 3.95. The van der Waals surface area contributed by atoms with Gasteiger partial charge >= 0.3 is 0 Å². The van der Waals surface area contributed by atoms with Crippen LogP contribution in [0.15, 0.2) is 53.4 Å². The first-order valence-corrected chi connectivity index (χ1v) is 9.58. The molecule has 1 saturated heterocycles. The number of carbonyl (C=O) groups is 1. The van der Waals surface area contributed by atoms with Crippen LogP contribution in [0.1, 0.15) is 22.3 Å². The average Bonchev–Trinajstić information content (AvgIpc) is 3.03. The number of hydrogen-bond acceptors (Lipinski definition) is 4. The molecule has 1 atom stereocenters. The molecular weight excluding hydrogens is 374 g/mol. The highest BCUT2D eigenvalue weighted by Crippen LogP contribution is 2.20. The maximum absolute atomic E-state index is 12.5. The lowest BCUT2D eigenvalue weighted by atomic mass is 10.2. The predicted molar refractivity (Wildman–Crippen MR) is 104 cm³/mol. The van der Waals surface area contributed by atoms with Gasteiger partial charge in [-0.25, -0.2) is 8.42 Å². The summed E-state index contributed by atoms with van der Waals surface area (Å²) in [6.07, 6.45) is 0.790. The molecule has 0 aromatic heterocycles. The number of anilines is 1. The summed E-state index contributed by atoms with van der Waals surface area (Å²) < 4.78 is 27.6. The number of nitrogens with two attached hydrogens (primary N) is 1. The van der Waals surface area contributed by atoms with Gasteiger partial charge in [0.25, 0.3) is 15.9 Å². The van der Waals surface area contributed by atoms with E-state index in [1.165, 1.54) is 12.1 Å².